The van der Waals surface area contributed by atoms with Gasteiger partial charge in [-0.15, -0.1) is 0 Å². The number of nitrogens with one attached hydrogen (secondary N) is 2. The topological polar surface area (TPSA) is 24.1 Å². The molecule has 4 aromatic rings. The Bertz CT molecular complexity index is 979. The molecule has 0 unspecified atom stereocenters. The van der Waals surface area contributed by atoms with E-state index in [1.165, 1.54) is 43.8 Å². The van der Waals surface area contributed by atoms with Crippen LogP contribution in [-0.2, 0) is 13.1 Å². The van der Waals surface area contributed by atoms with Crippen LogP contribution in [0.3, 0.4) is 0 Å². The van der Waals surface area contributed by atoms with Crippen LogP contribution in [0.15, 0.2) is 72.8 Å². The van der Waals surface area contributed by atoms with Gasteiger partial charge in [-0.05, 0) is 57.9 Å². The van der Waals surface area contributed by atoms with Gasteiger partial charge >= 0.3 is 0 Å². The lowest BCUT2D eigenvalue weighted by atomic mass is 9.87. The maximum atomic E-state index is 3.34. The molecule has 0 aliphatic heterocycles. The van der Waals surface area contributed by atoms with E-state index in [1.807, 2.05) is 14.1 Å². The molecule has 26 heavy (non-hydrogen) atoms. The molecule has 4 aromatic carbocycles. The van der Waals surface area contributed by atoms with Crippen molar-refractivity contribution in [2.24, 2.45) is 0 Å². The highest BCUT2D eigenvalue weighted by molar-refractivity contribution is 6.07. The summed E-state index contributed by atoms with van der Waals surface area (Å²) < 4.78 is 0. The average molecular weight is 340 g/mol. The SMILES string of the molecule is CNCc1ccc2ccccc2c1-c1c(CNC)ccc2ccccc12. The summed E-state index contributed by atoms with van der Waals surface area (Å²) in [6, 6.07) is 26.4. The van der Waals surface area contributed by atoms with Gasteiger partial charge in [0.25, 0.3) is 0 Å². The van der Waals surface area contributed by atoms with Gasteiger partial charge in [-0.3, -0.25) is 0 Å². The third kappa shape index (κ3) is 2.88. The van der Waals surface area contributed by atoms with E-state index >= 15 is 0 Å². The Morgan fingerprint density at radius 3 is 1.38 bits per heavy atom. The summed E-state index contributed by atoms with van der Waals surface area (Å²) in [5.74, 6) is 0. The molecule has 0 saturated heterocycles. The minimum atomic E-state index is 0.850. The number of hydrogen-bond acceptors (Lipinski definition) is 2. The van der Waals surface area contributed by atoms with E-state index in [9.17, 15) is 0 Å². The molecule has 0 amide bonds. The van der Waals surface area contributed by atoms with E-state index in [0.29, 0.717) is 0 Å². The summed E-state index contributed by atoms with van der Waals surface area (Å²) in [5, 5.41) is 11.9. The third-order valence-corrected chi connectivity index (χ3v) is 5.02. The lowest BCUT2D eigenvalue weighted by Crippen LogP contribution is -2.10. The number of rotatable bonds is 5. The second-order valence-electron chi connectivity index (χ2n) is 6.70. The van der Waals surface area contributed by atoms with Crippen LogP contribution in [0.5, 0.6) is 0 Å². The smallest absolute Gasteiger partial charge is 0.0208 e. The van der Waals surface area contributed by atoms with Crippen LogP contribution in [0.1, 0.15) is 11.1 Å². The predicted molar refractivity (Wildman–Crippen MR) is 112 cm³/mol. The normalized spacial score (nSPS) is 11.3. The second-order valence-corrected chi connectivity index (χ2v) is 6.70. The summed E-state index contributed by atoms with van der Waals surface area (Å²) in [6.45, 7) is 1.70. The first-order valence-electron chi connectivity index (χ1n) is 9.14. The van der Waals surface area contributed by atoms with Crippen molar-refractivity contribution >= 4 is 21.5 Å². The molecular weight excluding hydrogens is 316 g/mol. The van der Waals surface area contributed by atoms with Gasteiger partial charge < -0.3 is 10.6 Å². The molecule has 0 fully saturated rings. The molecule has 0 radical (unpaired) electrons. The Labute approximate surface area is 154 Å². The van der Waals surface area contributed by atoms with Crippen molar-refractivity contribution in [3.63, 3.8) is 0 Å². The van der Waals surface area contributed by atoms with Crippen LogP contribution in [0.2, 0.25) is 0 Å². The fourth-order valence-electron chi connectivity index (χ4n) is 3.90. The summed E-state index contributed by atoms with van der Waals surface area (Å²) >= 11 is 0. The molecule has 0 bridgehead atoms. The van der Waals surface area contributed by atoms with Crippen LogP contribution in [-0.4, -0.2) is 14.1 Å². The van der Waals surface area contributed by atoms with Gasteiger partial charge in [-0.1, -0.05) is 72.8 Å². The van der Waals surface area contributed by atoms with Crippen molar-refractivity contribution in [2.75, 3.05) is 14.1 Å². The van der Waals surface area contributed by atoms with E-state index < -0.39 is 0 Å². The van der Waals surface area contributed by atoms with Crippen molar-refractivity contribution in [3.05, 3.63) is 83.9 Å². The standard InChI is InChI=1S/C24H24N2/c1-25-15-19-13-11-17-7-3-5-9-21(17)23(19)24-20(16-26-2)14-12-18-8-4-6-10-22(18)24/h3-14,25-26H,15-16H2,1-2H3. The molecule has 130 valence electrons. The van der Waals surface area contributed by atoms with E-state index in [1.54, 1.807) is 0 Å². The quantitative estimate of drug-likeness (QED) is 0.528. The van der Waals surface area contributed by atoms with E-state index in [4.69, 9.17) is 0 Å². The highest BCUT2D eigenvalue weighted by Gasteiger charge is 2.16. The first kappa shape index (κ1) is 16.8. The molecule has 2 heteroatoms. The summed E-state index contributed by atoms with van der Waals surface area (Å²) in [6.07, 6.45) is 0. The van der Waals surface area contributed by atoms with Crippen LogP contribution in [0.4, 0.5) is 0 Å². The molecule has 2 N–H and O–H groups in total. The highest BCUT2D eigenvalue weighted by atomic mass is 14.8. The van der Waals surface area contributed by atoms with Crippen molar-refractivity contribution in [3.8, 4) is 11.1 Å². The van der Waals surface area contributed by atoms with Gasteiger partial charge in [0.05, 0.1) is 0 Å². The third-order valence-electron chi connectivity index (χ3n) is 5.02. The van der Waals surface area contributed by atoms with Crippen molar-refractivity contribution in [1.29, 1.82) is 0 Å². The summed E-state index contributed by atoms with van der Waals surface area (Å²) in [5.41, 5.74) is 5.36. The van der Waals surface area contributed by atoms with E-state index in [-0.39, 0.29) is 0 Å². The monoisotopic (exact) mass is 340 g/mol. The molecule has 0 heterocycles. The Kier molecular flexibility index (Phi) is 4.70. The van der Waals surface area contributed by atoms with Gasteiger partial charge in [-0.25, -0.2) is 0 Å². The molecule has 0 atom stereocenters. The Balaban J connectivity index is 2.15. The van der Waals surface area contributed by atoms with Gasteiger partial charge in [0.1, 0.15) is 0 Å². The second kappa shape index (κ2) is 7.28. The van der Waals surface area contributed by atoms with Crippen LogP contribution in [0, 0.1) is 0 Å². The molecule has 0 aliphatic carbocycles. The Hall–Kier alpha value is -2.68. The average Bonchev–Trinajstić information content (AvgIpc) is 2.69. The number of benzene rings is 4. The lowest BCUT2D eigenvalue weighted by molar-refractivity contribution is 0.814. The molecule has 0 aromatic heterocycles. The minimum Gasteiger partial charge on any atom is -0.316 e. The lowest BCUT2D eigenvalue weighted by Gasteiger charge is -2.19. The van der Waals surface area contributed by atoms with Crippen LogP contribution < -0.4 is 10.6 Å². The Morgan fingerprint density at radius 2 is 0.962 bits per heavy atom. The molecular formula is C24H24N2. The number of fused-ring (bicyclic) bond motifs is 2. The molecule has 0 saturated carbocycles. The number of hydrogen-bond donors (Lipinski definition) is 2. The highest BCUT2D eigenvalue weighted by Crippen LogP contribution is 2.39. The predicted octanol–water partition coefficient (Wildman–Crippen LogP) is 5.10. The van der Waals surface area contributed by atoms with Gasteiger partial charge in [0.15, 0.2) is 0 Å². The van der Waals surface area contributed by atoms with Crippen molar-refractivity contribution in [2.45, 2.75) is 13.1 Å². The molecule has 0 aliphatic rings. The first-order chi connectivity index (χ1) is 12.8. The van der Waals surface area contributed by atoms with Gasteiger partial charge in [-0.2, -0.15) is 0 Å². The molecule has 0 spiro atoms. The largest absolute Gasteiger partial charge is 0.316 e. The zero-order valence-corrected chi connectivity index (χ0v) is 15.3. The van der Waals surface area contributed by atoms with Gasteiger partial charge in [0.2, 0.25) is 0 Å². The molecule has 2 nitrogen and oxygen atoms in total. The van der Waals surface area contributed by atoms with E-state index in [2.05, 4.69) is 83.4 Å². The maximum Gasteiger partial charge on any atom is 0.0208 e. The van der Waals surface area contributed by atoms with E-state index in [0.717, 1.165) is 13.1 Å². The Morgan fingerprint density at radius 1 is 0.538 bits per heavy atom. The fourth-order valence-corrected chi connectivity index (χ4v) is 3.90. The van der Waals surface area contributed by atoms with Gasteiger partial charge in [0, 0.05) is 13.1 Å². The summed E-state index contributed by atoms with van der Waals surface area (Å²) in [4.78, 5) is 0. The van der Waals surface area contributed by atoms with Crippen LogP contribution in [0.25, 0.3) is 32.7 Å². The maximum absolute atomic E-state index is 3.34. The summed E-state index contributed by atoms with van der Waals surface area (Å²) in [7, 11) is 4.02. The van der Waals surface area contributed by atoms with Crippen molar-refractivity contribution < 1.29 is 0 Å². The minimum absolute atomic E-state index is 0.850. The molecule has 4 rings (SSSR count). The zero-order chi connectivity index (χ0) is 17.9. The fraction of sp³-hybridized carbons (Fsp3) is 0.167. The van der Waals surface area contributed by atoms with Crippen LogP contribution >= 0.6 is 0 Å². The zero-order valence-electron chi connectivity index (χ0n) is 15.3. The first-order valence-corrected chi connectivity index (χ1v) is 9.14. The van der Waals surface area contributed by atoms with Crippen molar-refractivity contribution in [1.82, 2.24) is 10.6 Å².